The van der Waals surface area contributed by atoms with Gasteiger partial charge < -0.3 is 19.5 Å². The molecule has 0 saturated heterocycles. The number of hydrogen-bond acceptors (Lipinski definition) is 6. The summed E-state index contributed by atoms with van der Waals surface area (Å²) in [6.45, 7) is 1.91. The van der Waals surface area contributed by atoms with Crippen LogP contribution in [0.5, 0.6) is 11.5 Å². The zero-order valence-electron chi connectivity index (χ0n) is 14.6. The average molecular weight is 408 g/mol. The molecular weight excluding hydrogens is 390 g/mol. The van der Waals surface area contributed by atoms with Crippen LogP contribution in [0.15, 0.2) is 47.4 Å². The molecule has 1 aliphatic rings. The predicted octanol–water partition coefficient (Wildman–Crippen LogP) is 3.41. The number of fused-ring (bicyclic) bond motifs is 1. The first-order valence-corrected chi connectivity index (χ1v) is 9.51. The van der Waals surface area contributed by atoms with E-state index in [4.69, 9.17) is 25.8 Å². The van der Waals surface area contributed by atoms with E-state index in [1.54, 1.807) is 31.2 Å². The molecule has 0 spiro atoms. The van der Waals surface area contributed by atoms with Gasteiger partial charge in [0.25, 0.3) is 5.91 Å². The molecule has 0 bridgehead atoms. The van der Waals surface area contributed by atoms with Crippen LogP contribution in [0.4, 0.5) is 0 Å². The van der Waals surface area contributed by atoms with Gasteiger partial charge in [0, 0.05) is 16.5 Å². The molecule has 27 heavy (non-hydrogen) atoms. The number of carbonyl (C=O) groups is 2. The van der Waals surface area contributed by atoms with Gasteiger partial charge in [-0.15, -0.1) is 11.8 Å². The Hall–Kier alpha value is -2.38. The summed E-state index contributed by atoms with van der Waals surface area (Å²) in [5, 5.41) is 2.90. The van der Waals surface area contributed by atoms with Crippen molar-refractivity contribution in [1.29, 1.82) is 0 Å². The Morgan fingerprint density at radius 1 is 1.19 bits per heavy atom. The monoisotopic (exact) mass is 407 g/mol. The summed E-state index contributed by atoms with van der Waals surface area (Å²) in [4.78, 5) is 24.8. The van der Waals surface area contributed by atoms with Crippen LogP contribution in [-0.2, 0) is 20.9 Å². The van der Waals surface area contributed by atoms with Crippen LogP contribution < -0.4 is 14.8 Å². The fraction of sp³-hybridized carbons (Fsp3) is 0.263. The number of carbonyl (C=O) groups excluding carboxylic acids is 2. The average Bonchev–Trinajstić information content (AvgIpc) is 3.14. The lowest BCUT2D eigenvalue weighted by Gasteiger charge is -2.11. The molecule has 6 nitrogen and oxygen atoms in total. The SMILES string of the molecule is C[C@@H](Sc1ccc(Cl)cc1)C(=O)OCC(=O)NCc1ccc2c(c1)OCO2. The normalized spacial score (nSPS) is 13.1. The summed E-state index contributed by atoms with van der Waals surface area (Å²) < 4.78 is 15.6. The highest BCUT2D eigenvalue weighted by atomic mass is 35.5. The van der Waals surface area contributed by atoms with Gasteiger partial charge >= 0.3 is 5.97 Å². The summed E-state index contributed by atoms with van der Waals surface area (Å²) in [6, 6.07) is 12.6. The molecule has 8 heteroatoms. The van der Waals surface area contributed by atoms with Crippen molar-refractivity contribution >= 4 is 35.2 Å². The first kappa shape index (κ1) is 19.4. The Morgan fingerprint density at radius 3 is 2.70 bits per heavy atom. The second kappa shape index (κ2) is 9.01. The van der Waals surface area contributed by atoms with Gasteiger partial charge in [-0.1, -0.05) is 17.7 Å². The largest absolute Gasteiger partial charge is 0.455 e. The van der Waals surface area contributed by atoms with Gasteiger partial charge in [0.1, 0.15) is 5.25 Å². The van der Waals surface area contributed by atoms with Crippen molar-refractivity contribution in [2.45, 2.75) is 23.6 Å². The number of thioether (sulfide) groups is 1. The van der Waals surface area contributed by atoms with Gasteiger partial charge in [-0.05, 0) is 48.9 Å². The van der Waals surface area contributed by atoms with Crippen LogP contribution in [0.2, 0.25) is 5.02 Å². The third-order valence-corrected chi connectivity index (χ3v) is 5.07. The van der Waals surface area contributed by atoms with E-state index in [1.807, 2.05) is 18.2 Å². The van der Waals surface area contributed by atoms with Gasteiger partial charge in [-0.25, -0.2) is 0 Å². The van der Waals surface area contributed by atoms with Crippen LogP contribution >= 0.6 is 23.4 Å². The Labute approximate surface area is 166 Å². The van der Waals surface area contributed by atoms with Crippen LogP contribution in [0.25, 0.3) is 0 Å². The first-order chi connectivity index (χ1) is 13.0. The molecule has 3 rings (SSSR count). The van der Waals surface area contributed by atoms with Crippen molar-refractivity contribution in [3.63, 3.8) is 0 Å². The third-order valence-electron chi connectivity index (χ3n) is 3.73. The number of ether oxygens (including phenoxy) is 3. The number of halogens is 1. The topological polar surface area (TPSA) is 73.9 Å². The molecule has 0 radical (unpaired) electrons. The van der Waals surface area contributed by atoms with Crippen LogP contribution in [0.1, 0.15) is 12.5 Å². The van der Waals surface area contributed by atoms with Crippen LogP contribution in [0, 0.1) is 0 Å². The van der Waals surface area contributed by atoms with E-state index in [0.717, 1.165) is 10.5 Å². The maximum absolute atomic E-state index is 12.0. The summed E-state index contributed by atoms with van der Waals surface area (Å²) in [5.74, 6) is 0.519. The van der Waals surface area contributed by atoms with Crippen molar-refractivity contribution < 1.29 is 23.8 Å². The van der Waals surface area contributed by atoms with Crippen molar-refractivity contribution in [3.8, 4) is 11.5 Å². The highest BCUT2D eigenvalue weighted by molar-refractivity contribution is 8.00. The Balaban J connectivity index is 1.40. The molecule has 2 aromatic rings. The fourth-order valence-electron chi connectivity index (χ4n) is 2.32. The van der Waals surface area contributed by atoms with Crippen molar-refractivity contribution in [2.24, 2.45) is 0 Å². The second-order valence-corrected chi connectivity index (χ2v) is 7.64. The summed E-state index contributed by atoms with van der Waals surface area (Å²) >= 11 is 7.18. The number of nitrogens with one attached hydrogen (secondary N) is 1. The van der Waals surface area contributed by atoms with Gasteiger partial charge in [-0.2, -0.15) is 0 Å². The van der Waals surface area contributed by atoms with E-state index >= 15 is 0 Å². The maximum atomic E-state index is 12.0. The lowest BCUT2D eigenvalue weighted by Crippen LogP contribution is -2.30. The molecule has 1 heterocycles. The minimum atomic E-state index is -0.451. The summed E-state index contributed by atoms with van der Waals surface area (Å²) in [7, 11) is 0. The summed E-state index contributed by atoms with van der Waals surface area (Å²) in [6.07, 6.45) is 0. The predicted molar refractivity (Wildman–Crippen MR) is 102 cm³/mol. The molecule has 0 fully saturated rings. The molecule has 0 unspecified atom stereocenters. The number of benzene rings is 2. The molecule has 1 atom stereocenters. The van der Waals surface area contributed by atoms with Crippen molar-refractivity contribution in [3.05, 3.63) is 53.1 Å². The third kappa shape index (κ3) is 5.55. The van der Waals surface area contributed by atoms with E-state index in [1.165, 1.54) is 11.8 Å². The molecule has 1 N–H and O–H groups in total. The minimum absolute atomic E-state index is 0.202. The zero-order chi connectivity index (χ0) is 19.2. The maximum Gasteiger partial charge on any atom is 0.319 e. The number of esters is 1. The fourth-order valence-corrected chi connectivity index (χ4v) is 3.31. The molecule has 0 saturated carbocycles. The van der Waals surface area contributed by atoms with Gasteiger partial charge in [0.2, 0.25) is 6.79 Å². The Bertz CT molecular complexity index is 827. The zero-order valence-corrected chi connectivity index (χ0v) is 16.1. The minimum Gasteiger partial charge on any atom is -0.455 e. The van der Waals surface area contributed by atoms with Gasteiger partial charge in [0.15, 0.2) is 18.1 Å². The quantitative estimate of drug-likeness (QED) is 0.560. The van der Waals surface area contributed by atoms with Gasteiger partial charge in [-0.3, -0.25) is 9.59 Å². The molecule has 0 aliphatic carbocycles. The van der Waals surface area contributed by atoms with Crippen LogP contribution in [0.3, 0.4) is 0 Å². The molecule has 1 amide bonds. The smallest absolute Gasteiger partial charge is 0.319 e. The summed E-state index contributed by atoms with van der Waals surface area (Å²) in [5.41, 5.74) is 0.866. The van der Waals surface area contributed by atoms with E-state index in [2.05, 4.69) is 5.32 Å². The lowest BCUT2D eigenvalue weighted by atomic mass is 10.2. The number of hydrogen-bond donors (Lipinski definition) is 1. The molecule has 2 aromatic carbocycles. The number of rotatable bonds is 7. The highest BCUT2D eigenvalue weighted by Crippen LogP contribution is 2.32. The second-order valence-electron chi connectivity index (χ2n) is 5.79. The molecule has 0 aromatic heterocycles. The van der Waals surface area contributed by atoms with Crippen molar-refractivity contribution in [2.75, 3.05) is 13.4 Å². The first-order valence-electron chi connectivity index (χ1n) is 8.25. The van der Waals surface area contributed by atoms with Crippen LogP contribution in [-0.4, -0.2) is 30.5 Å². The van der Waals surface area contributed by atoms with E-state index in [0.29, 0.717) is 23.1 Å². The lowest BCUT2D eigenvalue weighted by molar-refractivity contribution is -0.147. The Kier molecular flexibility index (Phi) is 6.47. The highest BCUT2D eigenvalue weighted by Gasteiger charge is 2.18. The van der Waals surface area contributed by atoms with E-state index < -0.39 is 11.2 Å². The molecular formula is C19H18ClNO5S. The van der Waals surface area contributed by atoms with Gasteiger partial charge in [0.05, 0.1) is 0 Å². The Morgan fingerprint density at radius 2 is 1.93 bits per heavy atom. The molecule has 142 valence electrons. The number of amides is 1. The molecule has 1 aliphatic heterocycles. The van der Waals surface area contributed by atoms with E-state index in [9.17, 15) is 9.59 Å². The van der Waals surface area contributed by atoms with E-state index in [-0.39, 0.29) is 19.3 Å². The standard InChI is InChI=1S/C19H18ClNO5S/c1-12(27-15-5-3-14(20)4-6-15)19(23)24-10-18(22)21-9-13-2-7-16-17(8-13)26-11-25-16/h2-8,12H,9-11H2,1H3,(H,21,22)/t12-/m1/s1. The van der Waals surface area contributed by atoms with Crippen molar-refractivity contribution in [1.82, 2.24) is 5.32 Å².